The maximum absolute atomic E-state index is 13.3. The zero-order valence-corrected chi connectivity index (χ0v) is 25.9. The SMILES string of the molecule is COc1nc(-c2cccc(-c3cccc(NC(=O)c4cc(C)c5c(n4)CN(CCO)C5)c3Cl)c2Cl)cnc1CN1CC(O)C1. The Balaban J connectivity index is 1.25. The largest absolute Gasteiger partial charge is 0.480 e. The fourth-order valence-electron chi connectivity index (χ4n) is 5.66. The Hall–Kier alpha value is -3.64. The summed E-state index contributed by atoms with van der Waals surface area (Å²) in [5, 5.41) is 22.6. The maximum Gasteiger partial charge on any atom is 0.274 e. The van der Waals surface area contributed by atoms with Gasteiger partial charge in [-0.1, -0.05) is 53.5 Å². The lowest BCUT2D eigenvalue weighted by Crippen LogP contribution is -2.50. The summed E-state index contributed by atoms with van der Waals surface area (Å²) in [5.41, 5.74) is 6.83. The Morgan fingerprint density at radius 1 is 1.05 bits per heavy atom. The van der Waals surface area contributed by atoms with Gasteiger partial charge in [0.2, 0.25) is 5.88 Å². The van der Waals surface area contributed by atoms with Crippen molar-refractivity contribution in [2.24, 2.45) is 0 Å². The van der Waals surface area contributed by atoms with Gasteiger partial charge in [0.05, 0.1) is 53.1 Å². The van der Waals surface area contributed by atoms with Crippen LogP contribution in [0.3, 0.4) is 0 Å². The van der Waals surface area contributed by atoms with Crippen LogP contribution in [0.4, 0.5) is 5.69 Å². The van der Waals surface area contributed by atoms with Gasteiger partial charge in [-0.3, -0.25) is 19.6 Å². The van der Waals surface area contributed by atoms with E-state index in [1.807, 2.05) is 31.2 Å². The Morgan fingerprint density at radius 3 is 2.50 bits per heavy atom. The molecule has 1 fully saturated rings. The summed E-state index contributed by atoms with van der Waals surface area (Å²) in [4.78, 5) is 31.4. The minimum Gasteiger partial charge on any atom is -0.480 e. The summed E-state index contributed by atoms with van der Waals surface area (Å²) in [6.45, 7) is 5.59. The van der Waals surface area contributed by atoms with Gasteiger partial charge >= 0.3 is 0 Å². The van der Waals surface area contributed by atoms with E-state index in [9.17, 15) is 15.0 Å². The molecule has 0 radical (unpaired) electrons. The second-order valence-electron chi connectivity index (χ2n) is 11.0. The number of carbonyl (C=O) groups is 1. The first kappa shape index (κ1) is 30.4. The Bertz CT molecular complexity index is 1730. The minimum absolute atomic E-state index is 0.0707. The van der Waals surface area contributed by atoms with Crippen LogP contribution in [0.5, 0.6) is 5.88 Å². The zero-order chi connectivity index (χ0) is 31.0. The number of pyridine rings is 1. The molecule has 0 aliphatic carbocycles. The third-order valence-electron chi connectivity index (χ3n) is 7.96. The van der Waals surface area contributed by atoms with Gasteiger partial charge in [-0.2, -0.15) is 0 Å². The van der Waals surface area contributed by atoms with Crippen LogP contribution in [0.25, 0.3) is 22.4 Å². The van der Waals surface area contributed by atoms with Crippen molar-refractivity contribution in [1.29, 1.82) is 0 Å². The topological polar surface area (TPSA) is 124 Å². The van der Waals surface area contributed by atoms with Crippen molar-refractivity contribution in [2.75, 3.05) is 38.7 Å². The lowest BCUT2D eigenvalue weighted by molar-refractivity contribution is -0.00403. The molecular weight excluding hydrogens is 603 g/mol. The zero-order valence-electron chi connectivity index (χ0n) is 24.3. The fraction of sp³-hybridized carbons (Fsp3) is 0.312. The number of nitrogens with zero attached hydrogens (tertiary/aromatic N) is 5. The summed E-state index contributed by atoms with van der Waals surface area (Å²) < 4.78 is 5.53. The minimum atomic E-state index is -0.370. The van der Waals surface area contributed by atoms with Gasteiger partial charge in [0.15, 0.2) is 0 Å². The summed E-state index contributed by atoms with van der Waals surface area (Å²) >= 11 is 13.8. The highest BCUT2D eigenvalue weighted by molar-refractivity contribution is 6.39. The van der Waals surface area contributed by atoms with E-state index in [0.29, 0.717) is 94.7 Å². The van der Waals surface area contributed by atoms with Crippen molar-refractivity contribution in [1.82, 2.24) is 24.8 Å². The van der Waals surface area contributed by atoms with Crippen molar-refractivity contribution in [3.05, 3.63) is 86.9 Å². The summed E-state index contributed by atoms with van der Waals surface area (Å²) in [6.07, 6.45) is 1.35. The number of nitrogens with one attached hydrogen (secondary N) is 1. The first-order valence-electron chi connectivity index (χ1n) is 14.3. The van der Waals surface area contributed by atoms with Crippen molar-refractivity contribution < 1.29 is 19.7 Å². The Labute approximate surface area is 265 Å². The van der Waals surface area contributed by atoms with Crippen LogP contribution >= 0.6 is 23.2 Å². The van der Waals surface area contributed by atoms with Crippen molar-refractivity contribution in [3.8, 4) is 28.3 Å². The summed E-state index contributed by atoms with van der Waals surface area (Å²) in [7, 11) is 1.55. The van der Waals surface area contributed by atoms with E-state index in [1.165, 1.54) is 0 Å². The number of hydrogen-bond acceptors (Lipinski definition) is 9. The number of rotatable bonds is 9. The summed E-state index contributed by atoms with van der Waals surface area (Å²) in [5.74, 6) is 0.0233. The highest BCUT2D eigenvalue weighted by Gasteiger charge is 2.27. The van der Waals surface area contributed by atoms with Crippen LogP contribution in [-0.4, -0.2) is 80.3 Å². The second kappa shape index (κ2) is 12.8. The number of aryl methyl sites for hydroxylation is 1. The number of fused-ring (bicyclic) bond motifs is 1. The number of aromatic nitrogens is 3. The van der Waals surface area contributed by atoms with Crippen molar-refractivity contribution in [3.63, 3.8) is 0 Å². The normalized spacial score (nSPS) is 15.2. The predicted octanol–water partition coefficient (Wildman–Crippen LogP) is 4.57. The molecule has 2 aliphatic heterocycles. The molecule has 2 aliphatic rings. The van der Waals surface area contributed by atoms with Crippen LogP contribution in [0.2, 0.25) is 10.0 Å². The lowest BCUT2D eigenvalue weighted by Gasteiger charge is -2.35. The number of benzene rings is 2. The van der Waals surface area contributed by atoms with Crippen LogP contribution in [-0.2, 0) is 19.6 Å². The van der Waals surface area contributed by atoms with E-state index in [2.05, 4.69) is 30.1 Å². The molecule has 6 rings (SSSR count). The molecule has 228 valence electrons. The molecular formula is C32H32Cl2N6O4. The molecule has 2 aromatic heterocycles. The van der Waals surface area contributed by atoms with E-state index in [4.69, 9.17) is 27.9 Å². The van der Waals surface area contributed by atoms with Gasteiger partial charge in [0.25, 0.3) is 5.91 Å². The van der Waals surface area contributed by atoms with E-state index in [0.717, 1.165) is 16.8 Å². The van der Waals surface area contributed by atoms with Crippen LogP contribution in [0.1, 0.15) is 33.0 Å². The van der Waals surface area contributed by atoms with Gasteiger partial charge in [0, 0.05) is 56.0 Å². The number of aliphatic hydroxyl groups excluding tert-OH is 2. The number of carbonyl (C=O) groups excluding carboxylic acids is 1. The lowest BCUT2D eigenvalue weighted by atomic mass is 10.0. The van der Waals surface area contributed by atoms with E-state index < -0.39 is 0 Å². The number of halogens is 2. The number of likely N-dealkylation sites (tertiary alicyclic amines) is 1. The predicted molar refractivity (Wildman–Crippen MR) is 169 cm³/mol. The Kier molecular flexibility index (Phi) is 8.82. The average Bonchev–Trinajstić information content (AvgIpc) is 3.41. The molecule has 0 spiro atoms. The van der Waals surface area contributed by atoms with E-state index in [1.54, 1.807) is 31.5 Å². The smallest absolute Gasteiger partial charge is 0.274 e. The molecule has 2 aromatic carbocycles. The van der Waals surface area contributed by atoms with Gasteiger partial charge in [0.1, 0.15) is 11.4 Å². The number of aliphatic hydroxyl groups is 2. The van der Waals surface area contributed by atoms with E-state index in [-0.39, 0.29) is 18.6 Å². The molecule has 10 nitrogen and oxygen atoms in total. The maximum atomic E-state index is 13.3. The third-order valence-corrected chi connectivity index (χ3v) is 8.78. The molecule has 44 heavy (non-hydrogen) atoms. The third kappa shape index (κ3) is 6.01. The molecule has 3 N–H and O–H groups in total. The Morgan fingerprint density at radius 2 is 1.77 bits per heavy atom. The molecule has 4 heterocycles. The van der Waals surface area contributed by atoms with E-state index >= 15 is 0 Å². The monoisotopic (exact) mass is 634 g/mol. The molecule has 12 heteroatoms. The molecule has 0 atom stereocenters. The number of hydrogen-bond donors (Lipinski definition) is 3. The van der Waals surface area contributed by atoms with Crippen LogP contribution in [0.15, 0.2) is 48.7 Å². The van der Waals surface area contributed by atoms with Gasteiger partial charge in [-0.05, 0) is 30.2 Å². The van der Waals surface area contributed by atoms with Crippen LogP contribution < -0.4 is 10.1 Å². The molecule has 4 aromatic rings. The van der Waals surface area contributed by atoms with Crippen molar-refractivity contribution >= 4 is 34.8 Å². The fourth-order valence-corrected chi connectivity index (χ4v) is 6.26. The standard InChI is InChI=1S/C32H32Cl2N6O4/c1-18-11-25(36-27-16-39(9-10-41)15-23(18)27)31(43)37-24-8-4-6-21(30(24)34)20-5-3-7-22(29(20)33)26-12-35-28(32(38-26)44-2)17-40-13-19(42)14-40/h3-8,11-12,19,41-42H,9-10,13-17H2,1-2H3,(H,37,43). The molecule has 1 saturated heterocycles. The highest BCUT2D eigenvalue weighted by atomic mass is 35.5. The number of ether oxygens (including phenoxy) is 1. The summed E-state index contributed by atoms with van der Waals surface area (Å²) in [6, 6.07) is 12.7. The molecule has 0 saturated carbocycles. The molecule has 1 amide bonds. The number of methoxy groups -OCH3 is 1. The second-order valence-corrected chi connectivity index (χ2v) is 11.8. The molecule has 0 bridgehead atoms. The average molecular weight is 636 g/mol. The quantitative estimate of drug-likeness (QED) is 0.243. The number of amides is 1. The first-order valence-corrected chi connectivity index (χ1v) is 15.0. The highest BCUT2D eigenvalue weighted by Crippen LogP contribution is 2.41. The number of β-amino-alcohol motifs (C(OH)–C–C–N with tert-alkyl or cyclic N) is 2. The first-order chi connectivity index (χ1) is 21.2. The van der Waals surface area contributed by atoms with Gasteiger partial charge in [-0.25, -0.2) is 9.97 Å². The van der Waals surface area contributed by atoms with Crippen molar-refractivity contribution in [2.45, 2.75) is 32.7 Å². The van der Waals surface area contributed by atoms with Crippen LogP contribution in [0, 0.1) is 6.92 Å². The molecule has 0 unspecified atom stereocenters. The number of anilines is 1. The van der Waals surface area contributed by atoms with Gasteiger partial charge in [-0.15, -0.1) is 0 Å². The van der Waals surface area contributed by atoms with Gasteiger partial charge < -0.3 is 20.3 Å².